The number of esters is 1. The van der Waals surface area contributed by atoms with E-state index in [9.17, 15) is 35.9 Å². The Balaban J connectivity index is 1.82. The number of alkyl halides is 6. The molecule has 3 unspecified atom stereocenters. The lowest BCUT2D eigenvalue weighted by Crippen LogP contribution is -2.34. The van der Waals surface area contributed by atoms with Crippen molar-refractivity contribution in [2.45, 2.75) is 37.7 Å². The predicted octanol–water partition coefficient (Wildman–Crippen LogP) is 5.75. The first-order chi connectivity index (χ1) is 16.8. The number of amides is 1. The quantitative estimate of drug-likeness (QED) is 0.290. The van der Waals surface area contributed by atoms with Crippen molar-refractivity contribution in [1.29, 1.82) is 0 Å². The van der Waals surface area contributed by atoms with E-state index in [0.717, 1.165) is 0 Å². The van der Waals surface area contributed by atoms with Gasteiger partial charge in [-0.2, -0.15) is 26.3 Å². The molecular weight excluding hydrogens is 492 g/mol. The topological polar surface area (TPSA) is 64.6 Å². The molecule has 1 aliphatic carbocycles. The van der Waals surface area contributed by atoms with Crippen molar-refractivity contribution in [3.05, 3.63) is 76.9 Å². The van der Waals surface area contributed by atoms with Crippen molar-refractivity contribution in [2.75, 3.05) is 13.7 Å². The van der Waals surface area contributed by atoms with Crippen LogP contribution in [-0.4, -0.2) is 31.6 Å². The maximum atomic E-state index is 13.1. The average Bonchev–Trinajstić information content (AvgIpc) is 3.25. The van der Waals surface area contributed by atoms with Crippen LogP contribution in [0.3, 0.4) is 0 Å². The van der Waals surface area contributed by atoms with Crippen LogP contribution in [0.15, 0.2) is 54.6 Å². The molecule has 0 saturated heterocycles. The van der Waals surface area contributed by atoms with Gasteiger partial charge in [-0.05, 0) is 55.2 Å². The third kappa shape index (κ3) is 6.38. The molecule has 0 spiro atoms. The van der Waals surface area contributed by atoms with Gasteiger partial charge in [0.1, 0.15) is 5.75 Å². The lowest BCUT2D eigenvalue weighted by molar-refractivity contribution is -0.146. The van der Waals surface area contributed by atoms with E-state index < -0.39 is 58.8 Å². The van der Waals surface area contributed by atoms with E-state index in [2.05, 4.69) is 5.32 Å². The van der Waals surface area contributed by atoms with Gasteiger partial charge in [-0.3, -0.25) is 9.59 Å². The maximum absolute atomic E-state index is 13.1. The molecule has 1 aliphatic rings. The zero-order valence-corrected chi connectivity index (χ0v) is 19.2. The molecule has 2 aromatic rings. The Bertz CT molecular complexity index is 1110. The Hall–Kier alpha value is -3.50. The largest absolute Gasteiger partial charge is 0.497 e. The fourth-order valence-electron chi connectivity index (χ4n) is 4.04. The molecule has 194 valence electrons. The number of allylic oxidation sites excluding steroid dienone is 1. The summed E-state index contributed by atoms with van der Waals surface area (Å²) in [6, 6.07) is 6.76. The van der Waals surface area contributed by atoms with Gasteiger partial charge in [0.05, 0.1) is 30.8 Å². The number of hydrogen-bond donors (Lipinski definition) is 1. The molecule has 0 radical (unpaired) electrons. The van der Waals surface area contributed by atoms with Crippen molar-refractivity contribution in [2.24, 2.45) is 5.92 Å². The van der Waals surface area contributed by atoms with Crippen LogP contribution < -0.4 is 10.1 Å². The first kappa shape index (κ1) is 27.1. The summed E-state index contributed by atoms with van der Waals surface area (Å²) in [4.78, 5) is 25.4. The molecule has 36 heavy (non-hydrogen) atoms. The highest BCUT2D eigenvalue weighted by Crippen LogP contribution is 2.38. The van der Waals surface area contributed by atoms with Crippen LogP contribution in [0.1, 0.15) is 46.3 Å². The highest BCUT2D eigenvalue weighted by Gasteiger charge is 2.38. The summed E-state index contributed by atoms with van der Waals surface area (Å²) in [7, 11) is 1.47. The second-order valence-corrected chi connectivity index (χ2v) is 8.17. The highest BCUT2D eigenvalue weighted by molar-refractivity contribution is 5.95. The second-order valence-electron chi connectivity index (χ2n) is 8.17. The van der Waals surface area contributed by atoms with E-state index in [4.69, 9.17) is 9.47 Å². The van der Waals surface area contributed by atoms with Gasteiger partial charge >= 0.3 is 18.3 Å². The van der Waals surface area contributed by atoms with Crippen LogP contribution in [0.25, 0.3) is 0 Å². The van der Waals surface area contributed by atoms with Gasteiger partial charge in [-0.15, -0.1) is 0 Å². The Labute approximate surface area is 203 Å². The van der Waals surface area contributed by atoms with E-state index in [0.29, 0.717) is 23.4 Å². The molecule has 3 rings (SSSR count). The summed E-state index contributed by atoms with van der Waals surface area (Å²) in [6.45, 7) is 1.78. The van der Waals surface area contributed by atoms with Gasteiger partial charge in [-0.1, -0.05) is 24.3 Å². The normalized spacial score (nSPS) is 18.6. The number of methoxy groups -OCH3 is 1. The minimum atomic E-state index is -5.07. The summed E-state index contributed by atoms with van der Waals surface area (Å²) in [6.07, 6.45) is -6.75. The number of ether oxygens (including phenoxy) is 2. The van der Waals surface area contributed by atoms with Gasteiger partial charge in [0.2, 0.25) is 0 Å². The van der Waals surface area contributed by atoms with Gasteiger partial charge in [-0.25, -0.2) is 0 Å². The van der Waals surface area contributed by atoms with Crippen molar-refractivity contribution in [3.63, 3.8) is 0 Å². The first-order valence-electron chi connectivity index (χ1n) is 10.9. The van der Waals surface area contributed by atoms with Crippen molar-refractivity contribution in [3.8, 4) is 5.75 Å². The molecular formula is C25H23F6NO4. The molecule has 5 nitrogen and oxygen atoms in total. The van der Waals surface area contributed by atoms with Gasteiger partial charge in [0, 0.05) is 11.6 Å². The van der Waals surface area contributed by atoms with Gasteiger partial charge in [0.15, 0.2) is 0 Å². The van der Waals surface area contributed by atoms with Crippen LogP contribution >= 0.6 is 0 Å². The van der Waals surface area contributed by atoms with Gasteiger partial charge < -0.3 is 14.8 Å². The van der Waals surface area contributed by atoms with Crippen LogP contribution in [-0.2, 0) is 21.9 Å². The second kappa shape index (κ2) is 10.6. The lowest BCUT2D eigenvalue weighted by atomic mass is 9.85. The average molecular weight is 515 g/mol. The summed E-state index contributed by atoms with van der Waals surface area (Å²) in [5.41, 5.74) is -3.34. The minimum absolute atomic E-state index is 0.0413. The molecule has 0 aromatic heterocycles. The molecule has 0 heterocycles. The fourth-order valence-corrected chi connectivity index (χ4v) is 4.04. The van der Waals surface area contributed by atoms with Crippen LogP contribution in [0, 0.1) is 5.92 Å². The number of carbonyl (C=O) groups excluding carboxylic acids is 2. The zero-order chi connectivity index (χ0) is 26.7. The molecule has 2 aromatic carbocycles. The monoisotopic (exact) mass is 515 g/mol. The molecule has 11 heteroatoms. The van der Waals surface area contributed by atoms with E-state index in [1.807, 2.05) is 0 Å². The first-order valence-corrected chi connectivity index (χ1v) is 10.9. The smallest absolute Gasteiger partial charge is 0.416 e. The van der Waals surface area contributed by atoms with Crippen LogP contribution in [0.4, 0.5) is 26.3 Å². The number of benzene rings is 2. The Morgan fingerprint density at radius 3 is 2.19 bits per heavy atom. The number of halogens is 6. The van der Waals surface area contributed by atoms with E-state index in [1.165, 1.54) is 7.11 Å². The number of carbonyl (C=O) groups is 2. The Kier molecular flexibility index (Phi) is 8.00. The summed E-state index contributed by atoms with van der Waals surface area (Å²) in [5, 5.41) is 2.45. The highest BCUT2D eigenvalue weighted by atomic mass is 19.4. The number of hydrogen-bond acceptors (Lipinski definition) is 4. The SMILES string of the molecule is CCOC(=O)C(c1cccc(OC)c1)C1C=CC(NC(=O)c2cc(C(F)(F)F)cc(C(F)(F)F)c2)C1. The third-order valence-corrected chi connectivity index (χ3v) is 5.70. The third-order valence-electron chi connectivity index (χ3n) is 5.70. The molecule has 3 atom stereocenters. The molecule has 0 aliphatic heterocycles. The summed E-state index contributed by atoms with van der Waals surface area (Å²) >= 11 is 0. The molecule has 1 amide bonds. The van der Waals surface area contributed by atoms with Crippen LogP contribution in [0.2, 0.25) is 0 Å². The van der Waals surface area contributed by atoms with Crippen molar-refractivity contribution < 1.29 is 45.4 Å². The lowest BCUT2D eigenvalue weighted by Gasteiger charge is -2.23. The number of rotatable bonds is 7. The fraction of sp³-hybridized carbons (Fsp3) is 0.360. The molecule has 0 saturated carbocycles. The van der Waals surface area contributed by atoms with E-state index in [-0.39, 0.29) is 19.1 Å². The Morgan fingerprint density at radius 1 is 1.00 bits per heavy atom. The summed E-state index contributed by atoms with van der Waals surface area (Å²) < 4.78 is 89.2. The van der Waals surface area contributed by atoms with Gasteiger partial charge in [0.25, 0.3) is 5.91 Å². The minimum Gasteiger partial charge on any atom is -0.497 e. The molecule has 1 N–H and O–H groups in total. The number of nitrogens with one attached hydrogen (secondary N) is 1. The Morgan fingerprint density at radius 2 is 1.64 bits per heavy atom. The zero-order valence-electron chi connectivity index (χ0n) is 19.2. The van der Waals surface area contributed by atoms with Crippen molar-refractivity contribution >= 4 is 11.9 Å². The van der Waals surface area contributed by atoms with Crippen LogP contribution in [0.5, 0.6) is 5.75 Å². The maximum Gasteiger partial charge on any atom is 0.416 e. The molecule has 0 bridgehead atoms. The van der Waals surface area contributed by atoms with E-state index in [1.54, 1.807) is 43.3 Å². The summed E-state index contributed by atoms with van der Waals surface area (Å²) in [5.74, 6) is -2.31. The predicted molar refractivity (Wildman–Crippen MR) is 117 cm³/mol. The molecule has 0 fully saturated rings. The standard InChI is InChI=1S/C25H23F6NO4/c1-3-36-23(34)21(14-5-4-6-20(12-14)35-2)15-7-8-19(11-15)32-22(33)16-9-17(24(26,27)28)13-18(10-16)25(29,30)31/h4-10,12-13,15,19,21H,3,11H2,1-2H3,(H,32,33). The van der Waals surface area contributed by atoms with Crippen molar-refractivity contribution in [1.82, 2.24) is 5.32 Å². The van der Waals surface area contributed by atoms with E-state index >= 15 is 0 Å².